The van der Waals surface area contributed by atoms with Gasteiger partial charge in [0.05, 0.1) is 6.04 Å². The highest BCUT2D eigenvalue weighted by Crippen LogP contribution is 2.34. The zero-order chi connectivity index (χ0) is 8.55. The van der Waals surface area contributed by atoms with Crippen LogP contribution in [0.2, 0.25) is 0 Å². The van der Waals surface area contributed by atoms with Gasteiger partial charge in [0.1, 0.15) is 0 Å². The van der Waals surface area contributed by atoms with Crippen LogP contribution in [0.1, 0.15) is 25.7 Å². The minimum absolute atomic E-state index is 0.0882. The number of fused-ring (bicyclic) bond motifs is 1. The molecule has 0 spiro atoms. The third-order valence-corrected chi connectivity index (χ3v) is 3.18. The predicted molar refractivity (Wildman–Crippen MR) is 46.7 cm³/mol. The van der Waals surface area contributed by atoms with Gasteiger partial charge in [-0.2, -0.15) is 0 Å². The van der Waals surface area contributed by atoms with E-state index in [0.717, 1.165) is 12.3 Å². The number of likely N-dealkylation sites (N-methyl/N-ethyl adjacent to an activating group) is 1. The Balaban J connectivity index is 1.94. The van der Waals surface area contributed by atoms with Crippen molar-refractivity contribution in [3.05, 3.63) is 0 Å². The Bertz CT molecular complexity index is 181. The molecule has 1 aliphatic heterocycles. The van der Waals surface area contributed by atoms with Gasteiger partial charge < -0.3 is 10.6 Å². The van der Waals surface area contributed by atoms with Crippen LogP contribution in [0.25, 0.3) is 0 Å². The lowest BCUT2D eigenvalue weighted by Gasteiger charge is -2.10. The second-order valence-corrected chi connectivity index (χ2v) is 3.87. The minimum Gasteiger partial charge on any atom is -0.358 e. The number of rotatable bonds is 1. The number of carbonyl (C=O) groups is 1. The first-order valence-corrected chi connectivity index (χ1v) is 4.79. The molecule has 0 unspecified atom stereocenters. The van der Waals surface area contributed by atoms with Crippen LogP contribution in [0.5, 0.6) is 0 Å². The van der Waals surface area contributed by atoms with Crippen LogP contribution < -0.4 is 10.6 Å². The zero-order valence-electron chi connectivity index (χ0n) is 7.47. The van der Waals surface area contributed by atoms with E-state index in [1.807, 2.05) is 0 Å². The fraction of sp³-hybridized carbons (Fsp3) is 0.889. The van der Waals surface area contributed by atoms with Crippen LogP contribution in [0, 0.1) is 5.92 Å². The quantitative estimate of drug-likeness (QED) is 0.590. The van der Waals surface area contributed by atoms with Crippen molar-refractivity contribution in [1.82, 2.24) is 10.6 Å². The van der Waals surface area contributed by atoms with Crippen molar-refractivity contribution >= 4 is 5.91 Å². The first kappa shape index (κ1) is 8.05. The van der Waals surface area contributed by atoms with E-state index in [2.05, 4.69) is 10.6 Å². The van der Waals surface area contributed by atoms with Gasteiger partial charge in [-0.3, -0.25) is 4.79 Å². The molecule has 1 aliphatic carbocycles. The van der Waals surface area contributed by atoms with Crippen molar-refractivity contribution < 1.29 is 4.79 Å². The summed E-state index contributed by atoms with van der Waals surface area (Å²) in [5.41, 5.74) is 0. The van der Waals surface area contributed by atoms with Crippen molar-refractivity contribution in [3.63, 3.8) is 0 Å². The Labute approximate surface area is 72.9 Å². The molecule has 0 aromatic rings. The molecule has 3 heteroatoms. The molecular weight excluding hydrogens is 152 g/mol. The molecular formula is C9H16N2O. The molecule has 2 fully saturated rings. The fourth-order valence-electron chi connectivity index (χ4n) is 2.52. The van der Waals surface area contributed by atoms with E-state index in [-0.39, 0.29) is 11.9 Å². The smallest absolute Gasteiger partial charge is 0.236 e. The van der Waals surface area contributed by atoms with E-state index in [0.29, 0.717) is 6.04 Å². The van der Waals surface area contributed by atoms with E-state index in [1.54, 1.807) is 7.05 Å². The summed E-state index contributed by atoms with van der Waals surface area (Å²) in [6.45, 7) is 0. The van der Waals surface area contributed by atoms with Crippen molar-refractivity contribution in [2.75, 3.05) is 7.05 Å². The lowest BCUT2D eigenvalue weighted by molar-refractivity contribution is -0.122. The molecule has 2 N–H and O–H groups in total. The number of carbonyl (C=O) groups excluding carboxylic acids is 1. The summed E-state index contributed by atoms with van der Waals surface area (Å²) >= 11 is 0. The highest BCUT2D eigenvalue weighted by atomic mass is 16.2. The molecule has 1 heterocycles. The van der Waals surface area contributed by atoms with Crippen LogP contribution in [0.3, 0.4) is 0 Å². The lowest BCUT2D eigenvalue weighted by atomic mass is 10.0. The third-order valence-electron chi connectivity index (χ3n) is 3.18. The van der Waals surface area contributed by atoms with Crippen LogP contribution in [0.4, 0.5) is 0 Å². The molecule has 3 atom stereocenters. The Hall–Kier alpha value is -0.570. The summed E-state index contributed by atoms with van der Waals surface area (Å²) in [5.74, 6) is 0.927. The first-order valence-electron chi connectivity index (χ1n) is 4.79. The van der Waals surface area contributed by atoms with Gasteiger partial charge >= 0.3 is 0 Å². The maximum Gasteiger partial charge on any atom is 0.236 e. The average molecular weight is 168 g/mol. The normalized spacial score (nSPS) is 39.6. The van der Waals surface area contributed by atoms with Gasteiger partial charge in [-0.15, -0.1) is 0 Å². The summed E-state index contributed by atoms with van der Waals surface area (Å²) in [6, 6.07) is 0.720. The van der Waals surface area contributed by atoms with Gasteiger partial charge in [0.2, 0.25) is 5.91 Å². The highest BCUT2D eigenvalue weighted by molar-refractivity contribution is 5.81. The highest BCUT2D eigenvalue weighted by Gasteiger charge is 2.39. The maximum absolute atomic E-state index is 11.3. The van der Waals surface area contributed by atoms with Gasteiger partial charge in [0, 0.05) is 13.1 Å². The number of nitrogens with one attached hydrogen (secondary N) is 2. The monoisotopic (exact) mass is 168 g/mol. The Morgan fingerprint density at radius 1 is 1.50 bits per heavy atom. The molecule has 2 aliphatic rings. The molecule has 68 valence electrons. The Morgan fingerprint density at radius 2 is 2.33 bits per heavy atom. The zero-order valence-corrected chi connectivity index (χ0v) is 7.47. The van der Waals surface area contributed by atoms with Crippen LogP contribution in [-0.4, -0.2) is 25.0 Å². The first-order chi connectivity index (χ1) is 5.81. The second-order valence-electron chi connectivity index (χ2n) is 3.87. The van der Waals surface area contributed by atoms with E-state index in [1.165, 1.54) is 19.3 Å². The van der Waals surface area contributed by atoms with Crippen molar-refractivity contribution in [2.24, 2.45) is 5.92 Å². The molecule has 0 radical (unpaired) electrons. The molecule has 0 bridgehead atoms. The number of amides is 1. The average Bonchev–Trinajstić information content (AvgIpc) is 2.60. The Morgan fingerprint density at radius 3 is 3.00 bits per heavy atom. The van der Waals surface area contributed by atoms with Crippen molar-refractivity contribution in [3.8, 4) is 0 Å². The van der Waals surface area contributed by atoms with E-state index in [9.17, 15) is 4.79 Å². The second kappa shape index (κ2) is 3.05. The predicted octanol–water partition coefficient (Wildman–Crippen LogP) is 0.263. The topological polar surface area (TPSA) is 41.1 Å². The van der Waals surface area contributed by atoms with Crippen molar-refractivity contribution in [2.45, 2.75) is 37.8 Å². The summed E-state index contributed by atoms with van der Waals surface area (Å²) in [7, 11) is 1.71. The summed E-state index contributed by atoms with van der Waals surface area (Å²) in [4.78, 5) is 11.3. The standard InChI is InChI=1S/C9H16N2O/c1-10-9(12)8-5-6-3-2-4-7(6)11-8/h6-8,11H,2-5H2,1H3,(H,10,12)/t6-,7-,8-/m0/s1. The summed E-state index contributed by atoms with van der Waals surface area (Å²) in [5, 5.41) is 6.09. The van der Waals surface area contributed by atoms with Crippen molar-refractivity contribution in [1.29, 1.82) is 0 Å². The Kier molecular flexibility index (Phi) is 2.05. The van der Waals surface area contributed by atoms with Gasteiger partial charge in [0.25, 0.3) is 0 Å². The molecule has 0 aromatic carbocycles. The molecule has 2 rings (SSSR count). The van der Waals surface area contributed by atoms with E-state index < -0.39 is 0 Å². The van der Waals surface area contributed by atoms with Gasteiger partial charge in [-0.1, -0.05) is 6.42 Å². The maximum atomic E-state index is 11.3. The summed E-state index contributed by atoms with van der Waals surface area (Å²) < 4.78 is 0. The van der Waals surface area contributed by atoms with Crippen LogP contribution in [0.15, 0.2) is 0 Å². The number of hydrogen-bond acceptors (Lipinski definition) is 2. The molecule has 3 nitrogen and oxygen atoms in total. The van der Waals surface area contributed by atoms with E-state index in [4.69, 9.17) is 0 Å². The lowest BCUT2D eigenvalue weighted by Crippen LogP contribution is -2.41. The van der Waals surface area contributed by atoms with Gasteiger partial charge in [-0.05, 0) is 25.2 Å². The molecule has 12 heavy (non-hydrogen) atoms. The van der Waals surface area contributed by atoms with E-state index >= 15 is 0 Å². The van der Waals surface area contributed by atoms with Gasteiger partial charge in [-0.25, -0.2) is 0 Å². The molecule has 0 aromatic heterocycles. The largest absolute Gasteiger partial charge is 0.358 e. The minimum atomic E-state index is 0.0882. The SMILES string of the molecule is CNC(=O)[C@@H]1C[C@@H]2CCC[C@@H]2N1. The third kappa shape index (κ3) is 1.22. The fourth-order valence-corrected chi connectivity index (χ4v) is 2.52. The molecule has 1 saturated heterocycles. The molecule has 1 amide bonds. The molecule has 1 saturated carbocycles. The van der Waals surface area contributed by atoms with Gasteiger partial charge in [0.15, 0.2) is 0 Å². The van der Waals surface area contributed by atoms with Crippen LogP contribution >= 0.6 is 0 Å². The van der Waals surface area contributed by atoms with Crippen LogP contribution in [-0.2, 0) is 4.79 Å². The summed E-state index contributed by atoms with van der Waals surface area (Å²) in [6.07, 6.45) is 4.95. The number of hydrogen-bond donors (Lipinski definition) is 2.